The van der Waals surface area contributed by atoms with Crippen LogP contribution in [0.1, 0.15) is 33.0 Å². The first-order valence-electron chi connectivity index (χ1n) is 10.1. The number of nitrogens with one attached hydrogen (secondary N) is 2. The first kappa shape index (κ1) is 22.8. The molecule has 3 aromatic rings. The monoisotopic (exact) mass is 472 g/mol. The van der Waals surface area contributed by atoms with Crippen molar-refractivity contribution in [2.45, 2.75) is 17.6 Å². The van der Waals surface area contributed by atoms with Crippen LogP contribution < -0.4 is 11.2 Å². The lowest BCUT2D eigenvalue weighted by molar-refractivity contribution is -0.137. The molecule has 0 radical (unpaired) electrons. The molecule has 4 rings (SSSR count). The number of guanidine groups is 1. The minimum absolute atomic E-state index is 0.112. The number of ketones is 1. The molecule has 0 amide bonds. The minimum Gasteiger partial charge on any atom is -0.369 e. The standard InChI is InChI=1S/C24H20ClF3N4O/c25-19-11-9-17(10-12-19)23(21(33)16-7-4-8-18(13-16)24(26,27)28)20(14-32(31-23)22(29)30)15-5-2-1-3-6-15/h1-13,20,31H,14H2,(H3,29,30). The molecule has 33 heavy (non-hydrogen) atoms. The van der Waals surface area contributed by atoms with Crippen LogP contribution in [-0.2, 0) is 11.7 Å². The van der Waals surface area contributed by atoms with Crippen molar-refractivity contribution in [2.75, 3.05) is 6.54 Å². The summed E-state index contributed by atoms with van der Waals surface area (Å²) in [4.78, 5) is 14.1. The summed E-state index contributed by atoms with van der Waals surface area (Å²) >= 11 is 6.07. The summed E-state index contributed by atoms with van der Waals surface area (Å²) in [6.45, 7) is 0.159. The molecule has 1 aliphatic heterocycles. The van der Waals surface area contributed by atoms with Crippen LogP contribution in [0.25, 0.3) is 0 Å². The zero-order valence-corrected chi connectivity index (χ0v) is 18.0. The predicted octanol–water partition coefficient (Wildman–Crippen LogP) is 4.93. The third-order valence-electron chi connectivity index (χ3n) is 5.80. The molecule has 5 nitrogen and oxygen atoms in total. The van der Waals surface area contributed by atoms with Gasteiger partial charge in [-0.15, -0.1) is 0 Å². The molecule has 0 bridgehead atoms. The van der Waals surface area contributed by atoms with E-state index in [1.165, 1.54) is 17.1 Å². The third kappa shape index (κ3) is 4.19. The van der Waals surface area contributed by atoms with E-state index in [0.29, 0.717) is 10.6 Å². The molecule has 2 unspecified atom stereocenters. The van der Waals surface area contributed by atoms with Gasteiger partial charge in [0.15, 0.2) is 5.78 Å². The summed E-state index contributed by atoms with van der Waals surface area (Å²) in [6, 6.07) is 20.0. The Morgan fingerprint density at radius 1 is 1.06 bits per heavy atom. The van der Waals surface area contributed by atoms with E-state index in [4.69, 9.17) is 22.7 Å². The van der Waals surface area contributed by atoms with Gasteiger partial charge in [-0.3, -0.25) is 15.2 Å². The molecule has 9 heteroatoms. The Morgan fingerprint density at radius 2 is 1.73 bits per heavy atom. The quantitative estimate of drug-likeness (QED) is 0.285. The molecule has 1 heterocycles. The average molecular weight is 473 g/mol. The highest BCUT2D eigenvalue weighted by Crippen LogP contribution is 2.45. The van der Waals surface area contributed by atoms with Gasteiger partial charge in [0.2, 0.25) is 5.96 Å². The highest BCUT2D eigenvalue weighted by molar-refractivity contribution is 6.30. The average Bonchev–Trinajstić information content (AvgIpc) is 3.21. The highest BCUT2D eigenvalue weighted by atomic mass is 35.5. The van der Waals surface area contributed by atoms with Gasteiger partial charge >= 0.3 is 6.18 Å². The van der Waals surface area contributed by atoms with Gasteiger partial charge in [0.25, 0.3) is 0 Å². The summed E-state index contributed by atoms with van der Waals surface area (Å²) in [6.07, 6.45) is -4.60. The fourth-order valence-corrected chi connectivity index (χ4v) is 4.36. The molecule has 1 fully saturated rings. The van der Waals surface area contributed by atoms with Crippen LogP contribution in [0.5, 0.6) is 0 Å². The largest absolute Gasteiger partial charge is 0.416 e. The molecule has 0 aromatic heterocycles. The number of Topliss-reactive ketones (excluding diaryl/α,β-unsaturated/α-hetero) is 1. The second-order valence-electron chi connectivity index (χ2n) is 7.79. The van der Waals surface area contributed by atoms with Gasteiger partial charge < -0.3 is 5.73 Å². The highest BCUT2D eigenvalue weighted by Gasteiger charge is 2.54. The van der Waals surface area contributed by atoms with E-state index in [9.17, 15) is 18.0 Å². The van der Waals surface area contributed by atoms with E-state index in [1.807, 2.05) is 30.3 Å². The van der Waals surface area contributed by atoms with E-state index in [0.717, 1.165) is 17.7 Å². The maximum Gasteiger partial charge on any atom is 0.416 e. The third-order valence-corrected chi connectivity index (χ3v) is 6.05. The van der Waals surface area contributed by atoms with E-state index in [1.54, 1.807) is 24.3 Å². The van der Waals surface area contributed by atoms with Gasteiger partial charge in [0, 0.05) is 23.0 Å². The fraction of sp³-hybridized carbons (Fsp3) is 0.167. The van der Waals surface area contributed by atoms with Crippen LogP contribution in [0, 0.1) is 5.41 Å². The van der Waals surface area contributed by atoms with Gasteiger partial charge in [-0.25, -0.2) is 5.43 Å². The smallest absolute Gasteiger partial charge is 0.369 e. The van der Waals surface area contributed by atoms with Crippen LogP contribution in [0.4, 0.5) is 13.2 Å². The van der Waals surface area contributed by atoms with Crippen molar-refractivity contribution < 1.29 is 18.0 Å². The molecule has 2 atom stereocenters. The zero-order valence-electron chi connectivity index (χ0n) is 17.2. The molecule has 1 aliphatic rings. The summed E-state index contributed by atoms with van der Waals surface area (Å²) in [5.41, 5.74) is 7.50. The maximum absolute atomic E-state index is 14.1. The zero-order chi connectivity index (χ0) is 23.8. The molecule has 0 aliphatic carbocycles. The molecule has 0 saturated carbocycles. The van der Waals surface area contributed by atoms with Crippen LogP contribution in [0.3, 0.4) is 0 Å². The fourth-order valence-electron chi connectivity index (χ4n) is 4.24. The summed E-state index contributed by atoms with van der Waals surface area (Å²) in [5.74, 6) is -1.46. The number of nitrogens with two attached hydrogens (primary N) is 1. The van der Waals surface area contributed by atoms with E-state index >= 15 is 0 Å². The number of rotatable bonds is 4. The van der Waals surface area contributed by atoms with E-state index in [2.05, 4.69) is 5.43 Å². The van der Waals surface area contributed by atoms with Gasteiger partial charge in [-0.2, -0.15) is 13.2 Å². The SMILES string of the molecule is N=C(N)N1CC(c2ccccc2)C(C(=O)c2cccc(C(F)(F)F)c2)(c2ccc(Cl)cc2)N1. The number of hydrogen-bond acceptors (Lipinski definition) is 3. The number of nitrogens with zero attached hydrogens (tertiary/aromatic N) is 1. The summed E-state index contributed by atoms with van der Waals surface area (Å²) < 4.78 is 40.2. The molecule has 4 N–H and O–H groups in total. The van der Waals surface area contributed by atoms with Gasteiger partial charge in [-0.05, 0) is 35.4 Å². The molecule has 0 spiro atoms. The molecule has 170 valence electrons. The van der Waals surface area contributed by atoms with Crippen molar-refractivity contribution >= 4 is 23.3 Å². The summed E-state index contributed by atoms with van der Waals surface area (Å²) in [5, 5.41) is 9.71. The number of benzene rings is 3. The first-order chi connectivity index (χ1) is 15.6. The van der Waals surface area contributed by atoms with Crippen LogP contribution in [0.15, 0.2) is 78.9 Å². The normalized spacial score (nSPS) is 20.6. The van der Waals surface area contributed by atoms with Crippen molar-refractivity contribution in [1.82, 2.24) is 10.4 Å². The number of hydrazine groups is 1. The van der Waals surface area contributed by atoms with E-state index < -0.39 is 29.0 Å². The Kier molecular flexibility index (Phi) is 5.90. The van der Waals surface area contributed by atoms with Crippen molar-refractivity contribution in [3.8, 4) is 0 Å². The number of alkyl halides is 3. The second-order valence-corrected chi connectivity index (χ2v) is 8.23. The van der Waals surface area contributed by atoms with Crippen LogP contribution >= 0.6 is 11.6 Å². The number of hydrogen-bond donors (Lipinski definition) is 3. The van der Waals surface area contributed by atoms with Gasteiger partial charge in [0.05, 0.1) is 5.56 Å². The Morgan fingerprint density at radius 3 is 2.33 bits per heavy atom. The van der Waals surface area contributed by atoms with Crippen LogP contribution in [0.2, 0.25) is 5.02 Å². The Bertz CT molecular complexity index is 1180. The lowest BCUT2D eigenvalue weighted by Gasteiger charge is -2.34. The number of carbonyl (C=O) groups is 1. The lowest BCUT2D eigenvalue weighted by atomic mass is 9.71. The Hall–Kier alpha value is -3.36. The van der Waals surface area contributed by atoms with Crippen molar-refractivity contribution in [3.05, 3.63) is 106 Å². The predicted molar refractivity (Wildman–Crippen MR) is 120 cm³/mol. The number of carbonyl (C=O) groups excluding carboxylic acids is 1. The molecular formula is C24H20ClF3N4O. The molecule has 1 saturated heterocycles. The minimum atomic E-state index is -4.60. The van der Waals surface area contributed by atoms with Crippen molar-refractivity contribution in [1.29, 1.82) is 5.41 Å². The van der Waals surface area contributed by atoms with Crippen LogP contribution in [-0.4, -0.2) is 23.3 Å². The van der Waals surface area contributed by atoms with Gasteiger partial charge in [0.1, 0.15) is 5.54 Å². The Balaban J connectivity index is 1.95. The molecule has 3 aromatic carbocycles. The van der Waals surface area contributed by atoms with Gasteiger partial charge in [-0.1, -0.05) is 66.2 Å². The maximum atomic E-state index is 14.1. The number of halogens is 4. The molecular weight excluding hydrogens is 453 g/mol. The first-order valence-corrected chi connectivity index (χ1v) is 10.4. The second kappa shape index (κ2) is 8.53. The Labute approximate surface area is 193 Å². The topological polar surface area (TPSA) is 82.2 Å². The van der Waals surface area contributed by atoms with Crippen molar-refractivity contribution in [2.24, 2.45) is 5.73 Å². The lowest BCUT2D eigenvalue weighted by Crippen LogP contribution is -2.53. The van der Waals surface area contributed by atoms with E-state index in [-0.39, 0.29) is 18.1 Å². The summed E-state index contributed by atoms with van der Waals surface area (Å²) in [7, 11) is 0. The van der Waals surface area contributed by atoms with Crippen molar-refractivity contribution in [3.63, 3.8) is 0 Å².